The van der Waals surface area contributed by atoms with Crippen molar-refractivity contribution in [1.82, 2.24) is 15.0 Å². The van der Waals surface area contributed by atoms with Gasteiger partial charge in [0.25, 0.3) is 15.9 Å². The van der Waals surface area contributed by atoms with Gasteiger partial charge >= 0.3 is 0 Å². The summed E-state index contributed by atoms with van der Waals surface area (Å²) in [5.41, 5.74) is 0.882. The third-order valence-electron chi connectivity index (χ3n) is 6.97. The van der Waals surface area contributed by atoms with Crippen LogP contribution >= 0.6 is 0 Å². The lowest BCUT2D eigenvalue weighted by Crippen LogP contribution is -2.37. The predicted octanol–water partition coefficient (Wildman–Crippen LogP) is 1.93. The molecule has 0 bridgehead atoms. The Labute approximate surface area is 249 Å². The molecule has 2 aliphatic rings. The summed E-state index contributed by atoms with van der Waals surface area (Å²) >= 11 is 0. The van der Waals surface area contributed by atoms with Crippen molar-refractivity contribution in [3.63, 3.8) is 0 Å². The van der Waals surface area contributed by atoms with Crippen LogP contribution in [0.25, 0.3) is 0 Å². The molecular weight excluding hydrogens is 582 g/mol. The van der Waals surface area contributed by atoms with Crippen LogP contribution < -0.4 is 23.8 Å². The molecule has 0 radical (unpaired) electrons. The lowest BCUT2D eigenvalue weighted by molar-refractivity contribution is -0.00132. The van der Waals surface area contributed by atoms with E-state index in [4.69, 9.17) is 23.7 Å². The van der Waals surface area contributed by atoms with Crippen LogP contribution in [0.2, 0.25) is 0 Å². The van der Waals surface area contributed by atoms with Crippen molar-refractivity contribution in [3.8, 4) is 23.1 Å². The molecule has 0 unspecified atom stereocenters. The maximum absolute atomic E-state index is 13.6. The molecular formula is C28H35N5O9S. The minimum atomic E-state index is -4.26. The summed E-state index contributed by atoms with van der Waals surface area (Å²) in [5, 5.41) is 20.0. The first-order valence-electron chi connectivity index (χ1n) is 13.8. The first-order chi connectivity index (χ1) is 20.7. The molecule has 15 heteroatoms. The smallest absolute Gasteiger partial charge is 0.280 e. The summed E-state index contributed by atoms with van der Waals surface area (Å²) in [4.78, 5) is 15.1. The van der Waals surface area contributed by atoms with Crippen molar-refractivity contribution in [2.24, 2.45) is 0 Å². The molecule has 0 spiro atoms. The molecule has 3 atom stereocenters. The molecule has 5 rings (SSSR count). The van der Waals surface area contributed by atoms with Gasteiger partial charge in [0.2, 0.25) is 11.7 Å². The number of pyridine rings is 1. The summed E-state index contributed by atoms with van der Waals surface area (Å²) < 4.78 is 58.2. The fourth-order valence-corrected chi connectivity index (χ4v) is 5.38. The fourth-order valence-electron chi connectivity index (χ4n) is 4.44. The normalized spacial score (nSPS) is 20.7. The van der Waals surface area contributed by atoms with Gasteiger partial charge in [-0.25, -0.2) is 4.98 Å². The van der Waals surface area contributed by atoms with Gasteiger partial charge in [-0.05, 0) is 29.7 Å². The van der Waals surface area contributed by atoms with E-state index in [1.54, 1.807) is 30.3 Å². The number of anilines is 2. The fraction of sp³-hybridized carbons (Fsp3) is 0.464. The van der Waals surface area contributed by atoms with E-state index in [1.165, 1.54) is 19.4 Å². The van der Waals surface area contributed by atoms with Crippen LogP contribution in [0, 0.1) is 0 Å². The van der Waals surface area contributed by atoms with Crippen molar-refractivity contribution in [2.45, 2.75) is 43.1 Å². The van der Waals surface area contributed by atoms with E-state index in [0.29, 0.717) is 32.1 Å². The molecule has 0 aliphatic carbocycles. The average molecular weight is 618 g/mol. The molecule has 2 saturated heterocycles. The average Bonchev–Trinajstić information content (AvgIpc) is 3.34. The number of hydrogen-bond donors (Lipinski definition) is 3. The molecule has 14 nitrogen and oxygen atoms in total. The number of nitrogens with one attached hydrogen (secondary N) is 1. The number of hydrogen-bond acceptors (Lipinski definition) is 13. The van der Waals surface area contributed by atoms with Crippen LogP contribution in [0.1, 0.15) is 25.3 Å². The first-order valence-corrected chi connectivity index (χ1v) is 15.3. The molecule has 43 heavy (non-hydrogen) atoms. The second-order valence-electron chi connectivity index (χ2n) is 10.3. The highest BCUT2D eigenvalue weighted by Gasteiger charge is 2.36. The van der Waals surface area contributed by atoms with E-state index < -0.39 is 28.3 Å². The van der Waals surface area contributed by atoms with Crippen LogP contribution in [0.15, 0.2) is 47.6 Å². The highest BCUT2D eigenvalue weighted by molar-refractivity contribution is 7.92. The molecule has 4 heterocycles. The predicted molar refractivity (Wildman–Crippen MR) is 155 cm³/mol. The minimum absolute atomic E-state index is 0.0593. The molecule has 2 aliphatic heterocycles. The lowest BCUT2D eigenvalue weighted by Gasteiger charge is -2.28. The summed E-state index contributed by atoms with van der Waals surface area (Å²) in [6.45, 7) is 5.44. The van der Waals surface area contributed by atoms with Crippen molar-refractivity contribution < 1.29 is 42.3 Å². The largest absolute Gasteiger partial charge is 0.493 e. The Kier molecular flexibility index (Phi) is 9.46. The van der Waals surface area contributed by atoms with Crippen LogP contribution in [0.3, 0.4) is 0 Å². The van der Waals surface area contributed by atoms with Crippen LogP contribution in [0.5, 0.6) is 23.1 Å². The third-order valence-corrected chi connectivity index (χ3v) is 8.22. The zero-order valence-electron chi connectivity index (χ0n) is 24.0. The Morgan fingerprint density at radius 1 is 1.09 bits per heavy atom. The van der Waals surface area contributed by atoms with E-state index in [2.05, 4.69) is 19.7 Å². The monoisotopic (exact) mass is 617 g/mol. The number of methoxy groups -OCH3 is 1. The standard InChI is InChI=1S/C28H35N5O9S/c1-17(2)18-8-9-23(29-14-18)43(36,37)32-26-25(42-21-7-5-4-6-20(21)38-3)27(41-16-22-24(35)19(34)15-40-22)31-28(30-26)33-10-12-39-13-11-33/h4-9,14,17,19,22,24,34-35H,10-13,15-16H2,1-3H3,(H,30,31,32)/t19-,22-,24-/m0/s1. The second kappa shape index (κ2) is 13.3. The third kappa shape index (κ3) is 7.08. The lowest BCUT2D eigenvalue weighted by atomic mass is 10.1. The van der Waals surface area contributed by atoms with Crippen molar-refractivity contribution in [1.29, 1.82) is 0 Å². The van der Waals surface area contributed by atoms with E-state index in [9.17, 15) is 18.6 Å². The number of nitrogens with zero attached hydrogens (tertiary/aromatic N) is 4. The number of sulfonamides is 1. The number of benzene rings is 1. The zero-order chi connectivity index (χ0) is 30.6. The summed E-state index contributed by atoms with van der Waals surface area (Å²) in [6, 6.07) is 9.89. The highest BCUT2D eigenvalue weighted by Crippen LogP contribution is 2.42. The maximum Gasteiger partial charge on any atom is 0.280 e. The number of morpholine rings is 1. The number of aromatic nitrogens is 3. The number of para-hydroxylation sites is 2. The topological polar surface area (TPSA) is 175 Å². The number of rotatable bonds is 11. The molecule has 1 aromatic carbocycles. The Hall–Kier alpha value is -3.76. The number of ether oxygens (including phenoxy) is 5. The summed E-state index contributed by atoms with van der Waals surface area (Å²) in [7, 11) is -2.79. The van der Waals surface area contributed by atoms with E-state index in [1.807, 2.05) is 18.7 Å². The number of aliphatic hydroxyl groups excluding tert-OH is 2. The van der Waals surface area contributed by atoms with Crippen molar-refractivity contribution in [3.05, 3.63) is 48.2 Å². The highest BCUT2D eigenvalue weighted by atomic mass is 32.2. The Morgan fingerprint density at radius 2 is 1.84 bits per heavy atom. The van der Waals surface area contributed by atoms with Gasteiger partial charge < -0.3 is 38.8 Å². The van der Waals surface area contributed by atoms with Gasteiger partial charge in [0.15, 0.2) is 22.3 Å². The second-order valence-corrected chi connectivity index (χ2v) is 11.9. The number of aliphatic hydroxyl groups is 2. The van der Waals surface area contributed by atoms with Gasteiger partial charge in [0.05, 0.1) is 26.9 Å². The molecule has 0 amide bonds. The van der Waals surface area contributed by atoms with Crippen LogP contribution in [-0.4, -0.2) is 98.5 Å². The van der Waals surface area contributed by atoms with Crippen LogP contribution in [0.4, 0.5) is 11.8 Å². The van der Waals surface area contributed by atoms with Gasteiger partial charge in [-0.2, -0.15) is 18.4 Å². The zero-order valence-corrected chi connectivity index (χ0v) is 24.9. The molecule has 3 aromatic rings. The van der Waals surface area contributed by atoms with Crippen molar-refractivity contribution in [2.75, 3.05) is 56.2 Å². The van der Waals surface area contributed by atoms with Gasteiger partial charge in [-0.15, -0.1) is 0 Å². The Bertz CT molecular complexity index is 1500. The van der Waals surface area contributed by atoms with Gasteiger partial charge in [-0.1, -0.05) is 32.0 Å². The SMILES string of the molecule is COc1ccccc1Oc1c(NS(=O)(=O)c2ccc(C(C)C)cn2)nc(N2CCOCC2)nc1OC[C@@H]1OC[C@H](O)[C@@H]1O. The maximum atomic E-state index is 13.6. The van der Waals surface area contributed by atoms with E-state index in [-0.39, 0.29) is 53.3 Å². The van der Waals surface area contributed by atoms with E-state index in [0.717, 1.165) is 5.56 Å². The van der Waals surface area contributed by atoms with E-state index >= 15 is 0 Å². The molecule has 2 fully saturated rings. The Balaban J connectivity index is 1.58. The first kappa shape index (κ1) is 30.7. The van der Waals surface area contributed by atoms with Gasteiger partial charge in [-0.3, -0.25) is 4.72 Å². The van der Waals surface area contributed by atoms with Gasteiger partial charge in [0.1, 0.15) is 24.9 Å². The minimum Gasteiger partial charge on any atom is -0.493 e. The van der Waals surface area contributed by atoms with Crippen LogP contribution in [-0.2, 0) is 19.5 Å². The molecule has 0 saturated carbocycles. The summed E-state index contributed by atoms with van der Waals surface area (Å²) in [6.07, 6.45) is -1.60. The van der Waals surface area contributed by atoms with Gasteiger partial charge in [0, 0.05) is 19.3 Å². The van der Waals surface area contributed by atoms with Crippen molar-refractivity contribution >= 4 is 21.8 Å². The molecule has 3 N–H and O–H groups in total. The quantitative estimate of drug-likeness (QED) is 0.285. The molecule has 232 valence electrons. The Morgan fingerprint density at radius 3 is 2.47 bits per heavy atom. The molecule has 2 aromatic heterocycles. The summed E-state index contributed by atoms with van der Waals surface area (Å²) in [5.74, 6) is 0.448.